The summed E-state index contributed by atoms with van der Waals surface area (Å²) in [6.45, 7) is 6.34. The van der Waals surface area contributed by atoms with Crippen LogP contribution in [0.25, 0.3) is 0 Å². The van der Waals surface area contributed by atoms with Gasteiger partial charge in [-0.05, 0) is 31.1 Å². The second-order valence-corrected chi connectivity index (χ2v) is 5.56. The number of carbonyl (C=O) groups is 2. The normalized spacial score (nSPS) is 23.6. The first-order chi connectivity index (χ1) is 9.56. The molecule has 1 rings (SSSR count). The lowest BCUT2D eigenvalue weighted by Crippen LogP contribution is -2.47. The summed E-state index contributed by atoms with van der Waals surface area (Å²) in [5, 5.41) is 14.2. The van der Waals surface area contributed by atoms with Gasteiger partial charge in [0.05, 0.1) is 0 Å². The monoisotopic (exact) mass is 282 g/mol. The van der Waals surface area contributed by atoms with Crippen LogP contribution in [-0.4, -0.2) is 29.7 Å². The molecule has 1 unspecified atom stereocenters. The van der Waals surface area contributed by atoms with Crippen LogP contribution in [0.4, 0.5) is 4.79 Å². The van der Waals surface area contributed by atoms with Gasteiger partial charge in [0.25, 0.3) is 0 Å². The fraction of sp³-hybridized carbons (Fsp3) is 0.733. The van der Waals surface area contributed by atoms with E-state index in [2.05, 4.69) is 24.1 Å². The molecule has 1 aliphatic rings. The first kappa shape index (κ1) is 16.5. The third-order valence-electron chi connectivity index (χ3n) is 4.10. The molecule has 20 heavy (non-hydrogen) atoms. The lowest BCUT2D eigenvalue weighted by Gasteiger charge is -2.28. The van der Waals surface area contributed by atoms with Crippen LogP contribution in [0.15, 0.2) is 12.7 Å². The van der Waals surface area contributed by atoms with Gasteiger partial charge in [-0.3, -0.25) is 0 Å². The van der Waals surface area contributed by atoms with Gasteiger partial charge < -0.3 is 15.7 Å². The highest BCUT2D eigenvalue weighted by Gasteiger charge is 2.22. The minimum atomic E-state index is -1.04. The predicted octanol–water partition coefficient (Wildman–Crippen LogP) is 2.53. The van der Waals surface area contributed by atoms with Crippen LogP contribution in [0.5, 0.6) is 0 Å². The van der Waals surface area contributed by atoms with E-state index in [1.807, 2.05) is 0 Å². The van der Waals surface area contributed by atoms with E-state index in [0.29, 0.717) is 12.5 Å². The number of aliphatic carboxylic acids is 1. The van der Waals surface area contributed by atoms with Gasteiger partial charge in [0.1, 0.15) is 6.04 Å². The van der Waals surface area contributed by atoms with Gasteiger partial charge in [0.15, 0.2) is 0 Å². The number of carboxylic acids is 1. The van der Waals surface area contributed by atoms with Crippen molar-refractivity contribution in [1.82, 2.24) is 10.6 Å². The van der Waals surface area contributed by atoms with E-state index < -0.39 is 18.0 Å². The summed E-state index contributed by atoms with van der Waals surface area (Å²) in [7, 11) is 0. The highest BCUT2D eigenvalue weighted by Crippen LogP contribution is 2.29. The van der Waals surface area contributed by atoms with E-state index in [-0.39, 0.29) is 6.42 Å². The van der Waals surface area contributed by atoms with Crippen LogP contribution in [-0.2, 0) is 4.79 Å². The van der Waals surface area contributed by atoms with Crippen molar-refractivity contribution < 1.29 is 14.7 Å². The summed E-state index contributed by atoms with van der Waals surface area (Å²) in [5.41, 5.74) is 0. The van der Waals surface area contributed by atoms with Gasteiger partial charge >= 0.3 is 12.0 Å². The summed E-state index contributed by atoms with van der Waals surface area (Å²) >= 11 is 0. The minimum absolute atomic E-state index is 0.227. The minimum Gasteiger partial charge on any atom is -0.480 e. The molecule has 0 aliphatic heterocycles. The van der Waals surface area contributed by atoms with Crippen LogP contribution in [0.1, 0.15) is 45.4 Å². The fourth-order valence-corrected chi connectivity index (χ4v) is 2.68. The van der Waals surface area contributed by atoms with Crippen LogP contribution in [0.2, 0.25) is 0 Å². The Labute approximate surface area is 120 Å². The quantitative estimate of drug-likeness (QED) is 0.628. The van der Waals surface area contributed by atoms with Gasteiger partial charge in [0, 0.05) is 6.54 Å². The fourth-order valence-electron chi connectivity index (χ4n) is 2.68. The predicted molar refractivity (Wildman–Crippen MR) is 78.5 cm³/mol. The van der Waals surface area contributed by atoms with Crippen molar-refractivity contribution >= 4 is 12.0 Å². The van der Waals surface area contributed by atoms with Gasteiger partial charge in [-0.2, -0.15) is 0 Å². The molecule has 0 heterocycles. The average molecular weight is 282 g/mol. The van der Waals surface area contributed by atoms with Crippen molar-refractivity contribution in [2.24, 2.45) is 11.8 Å². The van der Waals surface area contributed by atoms with Crippen molar-refractivity contribution in [3.63, 3.8) is 0 Å². The van der Waals surface area contributed by atoms with Crippen molar-refractivity contribution in [2.45, 2.75) is 51.5 Å². The molecule has 1 fully saturated rings. The van der Waals surface area contributed by atoms with Gasteiger partial charge in [-0.25, -0.2) is 9.59 Å². The van der Waals surface area contributed by atoms with E-state index in [1.165, 1.54) is 25.3 Å². The molecule has 0 aromatic heterocycles. The molecule has 0 aromatic carbocycles. The van der Waals surface area contributed by atoms with Gasteiger partial charge in [-0.15, -0.1) is 6.58 Å². The lowest BCUT2D eigenvalue weighted by atomic mass is 9.81. The maximum Gasteiger partial charge on any atom is 0.326 e. The molecular formula is C15H26N2O3. The molecule has 5 nitrogen and oxygen atoms in total. The summed E-state index contributed by atoms with van der Waals surface area (Å²) in [5.74, 6) is 0.318. The second kappa shape index (κ2) is 8.61. The molecule has 1 atom stereocenters. The van der Waals surface area contributed by atoms with Crippen LogP contribution in [0, 0.1) is 11.8 Å². The molecule has 0 radical (unpaired) electrons. The summed E-state index contributed by atoms with van der Waals surface area (Å²) in [6.07, 6.45) is 7.72. The lowest BCUT2D eigenvalue weighted by molar-refractivity contribution is -0.139. The number of carbonyl (C=O) groups excluding carboxylic acids is 1. The number of urea groups is 1. The molecule has 0 saturated heterocycles. The van der Waals surface area contributed by atoms with Crippen molar-refractivity contribution in [2.75, 3.05) is 6.54 Å². The molecule has 1 aliphatic carbocycles. The standard InChI is InChI=1S/C15H26N2O3/c1-3-5-13(14(18)19)17-15(20)16-10-12-8-6-11(4-2)7-9-12/h3,11-13H,1,4-10H2,2H3,(H,18,19)(H2,16,17,20). The molecule has 3 N–H and O–H groups in total. The molecule has 2 amide bonds. The van der Waals surface area contributed by atoms with Crippen LogP contribution < -0.4 is 10.6 Å². The third kappa shape index (κ3) is 5.63. The molecular weight excluding hydrogens is 256 g/mol. The number of rotatable bonds is 7. The number of carboxylic acid groups (broad SMARTS) is 1. The Bertz CT molecular complexity index is 336. The Morgan fingerprint density at radius 1 is 1.30 bits per heavy atom. The molecule has 0 aromatic rings. The maximum atomic E-state index is 11.7. The Hall–Kier alpha value is -1.52. The summed E-state index contributed by atoms with van der Waals surface area (Å²) < 4.78 is 0. The van der Waals surface area contributed by atoms with Gasteiger partial charge in [-0.1, -0.05) is 32.3 Å². The third-order valence-corrected chi connectivity index (χ3v) is 4.10. The molecule has 5 heteroatoms. The zero-order valence-electron chi connectivity index (χ0n) is 12.2. The summed E-state index contributed by atoms with van der Waals surface area (Å²) in [4.78, 5) is 22.6. The molecule has 1 saturated carbocycles. The molecule has 114 valence electrons. The number of nitrogens with one attached hydrogen (secondary N) is 2. The number of hydrogen-bond donors (Lipinski definition) is 3. The van der Waals surface area contributed by atoms with Crippen LogP contribution in [0.3, 0.4) is 0 Å². The highest BCUT2D eigenvalue weighted by atomic mass is 16.4. The number of amides is 2. The Morgan fingerprint density at radius 3 is 2.40 bits per heavy atom. The topological polar surface area (TPSA) is 78.4 Å². The number of hydrogen-bond acceptors (Lipinski definition) is 2. The van der Waals surface area contributed by atoms with E-state index in [0.717, 1.165) is 18.8 Å². The van der Waals surface area contributed by atoms with Crippen molar-refractivity contribution in [3.05, 3.63) is 12.7 Å². The highest BCUT2D eigenvalue weighted by molar-refractivity contribution is 5.82. The smallest absolute Gasteiger partial charge is 0.326 e. The largest absolute Gasteiger partial charge is 0.480 e. The van der Waals surface area contributed by atoms with Crippen LogP contribution >= 0.6 is 0 Å². The van der Waals surface area contributed by atoms with Crippen molar-refractivity contribution in [3.8, 4) is 0 Å². The van der Waals surface area contributed by atoms with E-state index in [1.54, 1.807) is 0 Å². The Balaban J connectivity index is 2.25. The maximum absolute atomic E-state index is 11.7. The first-order valence-electron chi connectivity index (χ1n) is 7.44. The van der Waals surface area contributed by atoms with E-state index in [9.17, 15) is 9.59 Å². The van der Waals surface area contributed by atoms with E-state index in [4.69, 9.17) is 5.11 Å². The summed E-state index contributed by atoms with van der Waals surface area (Å²) in [6, 6.07) is -1.31. The molecule has 0 bridgehead atoms. The van der Waals surface area contributed by atoms with E-state index >= 15 is 0 Å². The molecule has 0 spiro atoms. The van der Waals surface area contributed by atoms with Crippen molar-refractivity contribution in [1.29, 1.82) is 0 Å². The SMILES string of the molecule is C=CCC(NC(=O)NCC1CCC(CC)CC1)C(=O)O. The Morgan fingerprint density at radius 2 is 1.90 bits per heavy atom. The first-order valence-corrected chi connectivity index (χ1v) is 7.44. The zero-order valence-corrected chi connectivity index (χ0v) is 12.2. The zero-order chi connectivity index (χ0) is 15.0. The average Bonchev–Trinajstić information content (AvgIpc) is 2.45. The second-order valence-electron chi connectivity index (χ2n) is 5.56. The Kier molecular flexibility index (Phi) is 7.12. The van der Waals surface area contributed by atoms with Gasteiger partial charge in [0.2, 0.25) is 0 Å².